The second-order valence-electron chi connectivity index (χ2n) is 4.43. The number of carbonyl (C=O) groups excluding carboxylic acids is 1. The van der Waals surface area contributed by atoms with Crippen LogP contribution in [0.4, 0.5) is 15.8 Å². The van der Waals surface area contributed by atoms with Gasteiger partial charge < -0.3 is 15.4 Å². The van der Waals surface area contributed by atoms with E-state index in [2.05, 4.69) is 15.6 Å². The molecule has 1 aromatic heterocycles. The van der Waals surface area contributed by atoms with E-state index in [0.717, 1.165) is 5.69 Å². The molecule has 2 aromatic rings. The summed E-state index contributed by atoms with van der Waals surface area (Å²) < 4.78 is 18.0. The summed E-state index contributed by atoms with van der Waals surface area (Å²) in [7, 11) is 1.61. The summed E-state index contributed by atoms with van der Waals surface area (Å²) in [5, 5.41) is 5.67. The van der Waals surface area contributed by atoms with Crippen LogP contribution >= 0.6 is 11.6 Å². The molecule has 0 radical (unpaired) electrons. The zero-order valence-corrected chi connectivity index (χ0v) is 12.7. The number of halogens is 2. The van der Waals surface area contributed by atoms with Crippen LogP contribution in [0.1, 0.15) is 10.5 Å². The summed E-state index contributed by atoms with van der Waals surface area (Å²) in [6, 6.07) is 7.33. The van der Waals surface area contributed by atoms with Gasteiger partial charge >= 0.3 is 0 Å². The number of hydrogen-bond donors (Lipinski definition) is 2. The van der Waals surface area contributed by atoms with Crippen molar-refractivity contribution in [1.29, 1.82) is 0 Å². The largest absolute Gasteiger partial charge is 0.383 e. The van der Waals surface area contributed by atoms with E-state index >= 15 is 0 Å². The maximum atomic E-state index is 13.1. The van der Waals surface area contributed by atoms with Crippen LogP contribution in [0.2, 0.25) is 5.02 Å². The molecule has 0 spiro atoms. The number of nitrogens with zero attached hydrogens (tertiary/aromatic N) is 1. The molecule has 1 amide bonds. The van der Waals surface area contributed by atoms with Gasteiger partial charge in [0.05, 0.1) is 11.6 Å². The summed E-state index contributed by atoms with van der Waals surface area (Å²) in [5.74, 6) is -0.944. The number of amides is 1. The Morgan fingerprint density at radius 2 is 2.14 bits per heavy atom. The Labute approximate surface area is 132 Å². The summed E-state index contributed by atoms with van der Waals surface area (Å²) in [6.45, 7) is 1.17. The van der Waals surface area contributed by atoms with Crippen molar-refractivity contribution in [1.82, 2.24) is 4.98 Å². The molecule has 0 unspecified atom stereocenters. The molecule has 0 aliphatic carbocycles. The number of aromatic nitrogens is 1. The van der Waals surface area contributed by atoms with Crippen molar-refractivity contribution >= 4 is 28.9 Å². The van der Waals surface area contributed by atoms with E-state index in [1.54, 1.807) is 19.2 Å². The maximum absolute atomic E-state index is 13.1. The van der Waals surface area contributed by atoms with Gasteiger partial charge in [0.15, 0.2) is 0 Å². The van der Waals surface area contributed by atoms with Crippen LogP contribution in [0.5, 0.6) is 0 Å². The Morgan fingerprint density at radius 3 is 2.86 bits per heavy atom. The number of benzene rings is 1. The molecule has 0 aliphatic rings. The lowest BCUT2D eigenvalue weighted by Crippen LogP contribution is -2.14. The van der Waals surface area contributed by atoms with Crippen molar-refractivity contribution in [3.8, 4) is 0 Å². The summed E-state index contributed by atoms with van der Waals surface area (Å²) >= 11 is 5.68. The Balaban J connectivity index is 2.05. The Hall–Kier alpha value is -2.18. The number of methoxy groups -OCH3 is 1. The predicted molar refractivity (Wildman–Crippen MR) is 84.0 cm³/mol. The fraction of sp³-hybridized carbons (Fsp3) is 0.200. The normalized spacial score (nSPS) is 10.3. The van der Waals surface area contributed by atoms with E-state index in [0.29, 0.717) is 18.8 Å². The number of nitrogens with one attached hydrogen (secondary N) is 2. The van der Waals surface area contributed by atoms with E-state index < -0.39 is 11.7 Å². The monoisotopic (exact) mass is 323 g/mol. The summed E-state index contributed by atoms with van der Waals surface area (Å²) in [4.78, 5) is 16.1. The third kappa shape index (κ3) is 4.41. The number of pyridine rings is 1. The van der Waals surface area contributed by atoms with E-state index in [4.69, 9.17) is 16.3 Å². The van der Waals surface area contributed by atoms with Crippen LogP contribution in [-0.2, 0) is 4.74 Å². The van der Waals surface area contributed by atoms with Gasteiger partial charge in [-0.25, -0.2) is 4.39 Å². The molecule has 2 N–H and O–H groups in total. The van der Waals surface area contributed by atoms with Gasteiger partial charge in [-0.15, -0.1) is 0 Å². The van der Waals surface area contributed by atoms with Crippen LogP contribution < -0.4 is 10.6 Å². The van der Waals surface area contributed by atoms with Gasteiger partial charge in [0.2, 0.25) is 0 Å². The van der Waals surface area contributed by atoms with Crippen LogP contribution in [0, 0.1) is 5.82 Å². The zero-order chi connectivity index (χ0) is 15.9. The topological polar surface area (TPSA) is 63.2 Å². The highest BCUT2D eigenvalue weighted by Crippen LogP contribution is 2.20. The molecule has 0 bridgehead atoms. The first-order valence-corrected chi connectivity index (χ1v) is 6.93. The van der Waals surface area contributed by atoms with Gasteiger partial charge in [0, 0.05) is 31.2 Å². The third-order valence-corrected chi connectivity index (χ3v) is 3.10. The molecule has 7 heteroatoms. The third-order valence-electron chi connectivity index (χ3n) is 2.81. The van der Waals surface area contributed by atoms with Crippen molar-refractivity contribution in [2.75, 3.05) is 30.9 Å². The van der Waals surface area contributed by atoms with Gasteiger partial charge in [0.25, 0.3) is 5.91 Å². The number of hydrogen-bond acceptors (Lipinski definition) is 4. The highest BCUT2D eigenvalue weighted by molar-refractivity contribution is 6.31. The molecule has 0 fully saturated rings. The van der Waals surface area contributed by atoms with Crippen molar-refractivity contribution in [3.05, 3.63) is 53.1 Å². The standard InChI is InChI=1S/C15H15ClFN3O2/c1-22-7-6-18-10-4-5-19-14(9-10)15(21)20-11-2-3-13(17)12(16)8-11/h2-5,8-9H,6-7H2,1H3,(H,18,19)(H,20,21). The Bertz CT molecular complexity index is 667. The van der Waals surface area contributed by atoms with E-state index in [1.807, 2.05) is 0 Å². The molecule has 0 atom stereocenters. The van der Waals surface area contributed by atoms with Gasteiger partial charge in [-0.1, -0.05) is 11.6 Å². The minimum atomic E-state index is -0.540. The maximum Gasteiger partial charge on any atom is 0.274 e. The first kappa shape index (κ1) is 16.2. The van der Waals surface area contributed by atoms with Gasteiger partial charge in [-0.05, 0) is 30.3 Å². The number of ether oxygens (including phenoxy) is 1. The van der Waals surface area contributed by atoms with Crippen LogP contribution in [0.25, 0.3) is 0 Å². The SMILES string of the molecule is COCCNc1ccnc(C(=O)Nc2ccc(F)c(Cl)c2)c1. The quantitative estimate of drug-likeness (QED) is 0.801. The van der Waals surface area contributed by atoms with Crippen molar-refractivity contribution in [3.63, 3.8) is 0 Å². The second-order valence-corrected chi connectivity index (χ2v) is 4.84. The molecule has 116 valence electrons. The minimum absolute atomic E-state index is 0.0549. The second kappa shape index (κ2) is 7.72. The van der Waals surface area contributed by atoms with Gasteiger partial charge in [-0.2, -0.15) is 0 Å². The minimum Gasteiger partial charge on any atom is -0.383 e. The molecule has 0 aliphatic heterocycles. The van der Waals surface area contributed by atoms with Crippen molar-refractivity contribution in [2.45, 2.75) is 0 Å². The molecule has 5 nitrogen and oxygen atoms in total. The van der Waals surface area contributed by atoms with Crippen molar-refractivity contribution < 1.29 is 13.9 Å². The molecular formula is C15H15ClFN3O2. The van der Waals surface area contributed by atoms with Gasteiger partial charge in [-0.3, -0.25) is 9.78 Å². The summed E-state index contributed by atoms with van der Waals surface area (Å²) in [6.07, 6.45) is 1.53. The molecule has 0 saturated carbocycles. The van der Waals surface area contributed by atoms with Crippen LogP contribution in [0.15, 0.2) is 36.5 Å². The fourth-order valence-electron chi connectivity index (χ4n) is 1.73. The van der Waals surface area contributed by atoms with E-state index in [1.165, 1.54) is 24.4 Å². The lowest BCUT2D eigenvalue weighted by molar-refractivity contribution is 0.102. The van der Waals surface area contributed by atoms with Crippen LogP contribution in [-0.4, -0.2) is 31.2 Å². The highest BCUT2D eigenvalue weighted by atomic mass is 35.5. The zero-order valence-electron chi connectivity index (χ0n) is 11.9. The predicted octanol–water partition coefficient (Wildman–Crippen LogP) is 3.18. The fourth-order valence-corrected chi connectivity index (χ4v) is 1.91. The van der Waals surface area contributed by atoms with Crippen LogP contribution in [0.3, 0.4) is 0 Å². The molecule has 1 heterocycles. The van der Waals surface area contributed by atoms with Gasteiger partial charge in [0.1, 0.15) is 11.5 Å². The lowest BCUT2D eigenvalue weighted by Gasteiger charge is -2.08. The number of carbonyl (C=O) groups is 1. The van der Waals surface area contributed by atoms with E-state index in [-0.39, 0.29) is 10.7 Å². The average Bonchev–Trinajstić information content (AvgIpc) is 2.51. The molecular weight excluding hydrogens is 309 g/mol. The molecule has 22 heavy (non-hydrogen) atoms. The molecule has 1 aromatic carbocycles. The smallest absolute Gasteiger partial charge is 0.274 e. The lowest BCUT2D eigenvalue weighted by atomic mass is 10.2. The molecule has 0 saturated heterocycles. The first-order chi connectivity index (χ1) is 10.6. The highest BCUT2D eigenvalue weighted by Gasteiger charge is 2.09. The van der Waals surface area contributed by atoms with E-state index in [9.17, 15) is 9.18 Å². The summed E-state index contributed by atoms with van der Waals surface area (Å²) in [5.41, 5.74) is 1.40. The Morgan fingerprint density at radius 1 is 1.32 bits per heavy atom. The number of rotatable bonds is 6. The number of anilines is 2. The molecule has 2 rings (SSSR count). The Kier molecular flexibility index (Phi) is 5.68. The first-order valence-electron chi connectivity index (χ1n) is 6.55. The van der Waals surface area contributed by atoms with Crippen molar-refractivity contribution in [2.24, 2.45) is 0 Å². The average molecular weight is 324 g/mol.